The topological polar surface area (TPSA) is 36.4 Å². The number of nitrogens with zero attached hydrogens (tertiary/aromatic N) is 1. The Morgan fingerprint density at radius 2 is 2.11 bits per heavy atom. The second-order valence-corrected chi connectivity index (χ2v) is 4.57. The zero-order valence-electron chi connectivity index (χ0n) is 10.6. The summed E-state index contributed by atoms with van der Waals surface area (Å²) in [4.78, 5) is 4.19. The zero-order valence-corrected chi connectivity index (χ0v) is 10.6. The summed E-state index contributed by atoms with van der Waals surface area (Å²) in [6.45, 7) is 3.12. The minimum Gasteiger partial charge on any atom is -0.356 e. The highest BCUT2D eigenvalue weighted by atomic mass is 19.4. The Balaban J connectivity index is 1.93. The Bertz CT molecular complexity index is 468. The molecule has 0 radical (unpaired) electrons. The van der Waals surface area contributed by atoms with Crippen LogP contribution in [0.25, 0.3) is 0 Å². The van der Waals surface area contributed by atoms with Crippen molar-refractivity contribution >= 4 is 5.96 Å². The van der Waals surface area contributed by atoms with Crippen LogP contribution >= 0.6 is 0 Å². The van der Waals surface area contributed by atoms with Crippen LogP contribution in [0.4, 0.5) is 13.2 Å². The van der Waals surface area contributed by atoms with Gasteiger partial charge in [0, 0.05) is 12.6 Å². The number of hydrogen-bond donors (Lipinski definition) is 2. The molecule has 19 heavy (non-hydrogen) atoms. The number of guanidine groups is 1. The van der Waals surface area contributed by atoms with E-state index >= 15 is 0 Å². The van der Waals surface area contributed by atoms with Crippen LogP contribution in [0.5, 0.6) is 0 Å². The first-order valence-corrected chi connectivity index (χ1v) is 6.17. The molecule has 0 saturated carbocycles. The number of aliphatic imine (C=N–C) groups is 1. The predicted molar refractivity (Wildman–Crippen MR) is 68.1 cm³/mol. The van der Waals surface area contributed by atoms with Gasteiger partial charge in [-0.15, -0.1) is 0 Å². The molecule has 1 aliphatic rings. The summed E-state index contributed by atoms with van der Waals surface area (Å²) < 4.78 is 38.3. The first kappa shape index (κ1) is 13.7. The van der Waals surface area contributed by atoms with Crippen LogP contribution in [-0.2, 0) is 12.6 Å². The SMILES string of the molecule is CC1CN=C(NCCc2ccccc2C(F)(F)F)N1. The van der Waals surface area contributed by atoms with Gasteiger partial charge in [0.15, 0.2) is 5.96 Å². The summed E-state index contributed by atoms with van der Waals surface area (Å²) in [6.07, 6.45) is -3.99. The first-order valence-electron chi connectivity index (χ1n) is 6.17. The molecular weight excluding hydrogens is 255 g/mol. The molecule has 2 N–H and O–H groups in total. The summed E-state index contributed by atoms with van der Waals surface area (Å²) in [7, 11) is 0. The average Bonchev–Trinajstić information content (AvgIpc) is 2.74. The maximum atomic E-state index is 12.8. The molecular formula is C13H16F3N3. The average molecular weight is 271 g/mol. The van der Waals surface area contributed by atoms with Crippen molar-refractivity contribution in [2.24, 2.45) is 4.99 Å². The molecule has 2 rings (SSSR count). The van der Waals surface area contributed by atoms with Crippen molar-refractivity contribution in [1.82, 2.24) is 10.6 Å². The second kappa shape index (κ2) is 5.50. The van der Waals surface area contributed by atoms with Crippen LogP contribution in [-0.4, -0.2) is 25.1 Å². The predicted octanol–water partition coefficient (Wildman–Crippen LogP) is 2.19. The Morgan fingerprint density at radius 3 is 2.74 bits per heavy atom. The van der Waals surface area contributed by atoms with E-state index < -0.39 is 11.7 Å². The normalized spacial score (nSPS) is 18.9. The molecule has 1 aromatic carbocycles. The zero-order chi connectivity index (χ0) is 13.9. The van der Waals surface area contributed by atoms with Crippen LogP contribution in [0.15, 0.2) is 29.3 Å². The summed E-state index contributed by atoms with van der Waals surface area (Å²) in [5.41, 5.74) is -0.263. The minimum atomic E-state index is -4.30. The van der Waals surface area contributed by atoms with E-state index in [-0.39, 0.29) is 6.04 Å². The standard InChI is InChI=1S/C13H16F3N3/c1-9-8-18-12(19-9)17-7-6-10-4-2-3-5-11(10)13(14,15)16/h2-5,9H,6-8H2,1H3,(H2,17,18,19). The van der Waals surface area contributed by atoms with E-state index in [0.29, 0.717) is 31.0 Å². The van der Waals surface area contributed by atoms with Gasteiger partial charge in [0.2, 0.25) is 0 Å². The fraction of sp³-hybridized carbons (Fsp3) is 0.462. The molecule has 0 amide bonds. The van der Waals surface area contributed by atoms with Gasteiger partial charge in [-0.1, -0.05) is 18.2 Å². The fourth-order valence-corrected chi connectivity index (χ4v) is 1.99. The van der Waals surface area contributed by atoms with Gasteiger partial charge < -0.3 is 10.6 Å². The molecule has 0 spiro atoms. The Hall–Kier alpha value is -1.72. The largest absolute Gasteiger partial charge is 0.416 e. The maximum absolute atomic E-state index is 12.8. The molecule has 6 heteroatoms. The number of halogens is 3. The number of benzene rings is 1. The van der Waals surface area contributed by atoms with Gasteiger partial charge in [-0.25, -0.2) is 0 Å². The number of hydrogen-bond acceptors (Lipinski definition) is 3. The van der Waals surface area contributed by atoms with E-state index in [1.807, 2.05) is 6.92 Å². The lowest BCUT2D eigenvalue weighted by Crippen LogP contribution is -2.38. The molecule has 0 bridgehead atoms. The highest BCUT2D eigenvalue weighted by molar-refractivity contribution is 5.81. The Morgan fingerprint density at radius 1 is 1.37 bits per heavy atom. The summed E-state index contributed by atoms with van der Waals surface area (Å²) in [5.74, 6) is 0.664. The third-order valence-electron chi connectivity index (χ3n) is 2.92. The number of nitrogens with one attached hydrogen (secondary N) is 2. The number of rotatable bonds is 3. The molecule has 3 nitrogen and oxygen atoms in total. The smallest absolute Gasteiger partial charge is 0.356 e. The summed E-state index contributed by atoms with van der Waals surface area (Å²) >= 11 is 0. The quantitative estimate of drug-likeness (QED) is 0.884. The van der Waals surface area contributed by atoms with Crippen molar-refractivity contribution in [1.29, 1.82) is 0 Å². The van der Waals surface area contributed by atoms with Crippen LogP contribution in [0.3, 0.4) is 0 Å². The second-order valence-electron chi connectivity index (χ2n) is 4.57. The van der Waals surface area contributed by atoms with Gasteiger partial charge in [-0.05, 0) is 25.0 Å². The van der Waals surface area contributed by atoms with Gasteiger partial charge in [0.05, 0.1) is 12.1 Å². The highest BCUT2D eigenvalue weighted by Gasteiger charge is 2.32. The third kappa shape index (κ3) is 3.62. The molecule has 1 heterocycles. The van der Waals surface area contributed by atoms with Crippen LogP contribution in [0.2, 0.25) is 0 Å². The third-order valence-corrected chi connectivity index (χ3v) is 2.92. The fourth-order valence-electron chi connectivity index (χ4n) is 1.99. The summed E-state index contributed by atoms with van der Waals surface area (Å²) in [6, 6.07) is 5.94. The maximum Gasteiger partial charge on any atom is 0.416 e. The van der Waals surface area contributed by atoms with E-state index in [0.717, 1.165) is 6.07 Å². The monoisotopic (exact) mass is 271 g/mol. The van der Waals surface area contributed by atoms with Crippen LogP contribution in [0, 0.1) is 0 Å². The van der Waals surface area contributed by atoms with Crippen molar-refractivity contribution in [3.05, 3.63) is 35.4 Å². The van der Waals surface area contributed by atoms with Gasteiger partial charge in [0.1, 0.15) is 0 Å². The van der Waals surface area contributed by atoms with Gasteiger partial charge >= 0.3 is 6.18 Å². The molecule has 1 aromatic rings. The van der Waals surface area contributed by atoms with Crippen LogP contribution < -0.4 is 10.6 Å². The van der Waals surface area contributed by atoms with Gasteiger partial charge in [0.25, 0.3) is 0 Å². The molecule has 1 atom stereocenters. The molecule has 0 aromatic heterocycles. The minimum absolute atomic E-state index is 0.282. The molecule has 104 valence electrons. The molecule has 1 unspecified atom stereocenters. The van der Waals surface area contributed by atoms with Crippen molar-refractivity contribution < 1.29 is 13.2 Å². The highest BCUT2D eigenvalue weighted by Crippen LogP contribution is 2.31. The lowest BCUT2D eigenvalue weighted by atomic mass is 10.0. The Labute approximate surface area is 109 Å². The van der Waals surface area contributed by atoms with Crippen LogP contribution in [0.1, 0.15) is 18.1 Å². The molecule has 0 saturated heterocycles. The van der Waals surface area contributed by atoms with Crippen molar-refractivity contribution in [2.75, 3.05) is 13.1 Å². The lowest BCUT2D eigenvalue weighted by Gasteiger charge is -2.13. The molecule has 0 fully saturated rings. The lowest BCUT2D eigenvalue weighted by molar-refractivity contribution is -0.138. The summed E-state index contributed by atoms with van der Waals surface area (Å²) in [5, 5.41) is 6.11. The van der Waals surface area contributed by atoms with E-state index in [9.17, 15) is 13.2 Å². The van der Waals surface area contributed by atoms with Crippen molar-refractivity contribution in [3.8, 4) is 0 Å². The first-order chi connectivity index (χ1) is 8.97. The van der Waals surface area contributed by atoms with Crippen molar-refractivity contribution in [2.45, 2.75) is 25.6 Å². The molecule has 1 aliphatic heterocycles. The van der Waals surface area contributed by atoms with Gasteiger partial charge in [-0.3, -0.25) is 4.99 Å². The van der Waals surface area contributed by atoms with Gasteiger partial charge in [-0.2, -0.15) is 13.2 Å². The Kier molecular flexibility index (Phi) is 3.97. The molecule has 0 aliphatic carbocycles. The van der Waals surface area contributed by atoms with Crippen molar-refractivity contribution in [3.63, 3.8) is 0 Å². The van der Waals surface area contributed by atoms with E-state index in [1.165, 1.54) is 12.1 Å². The van der Waals surface area contributed by atoms with E-state index in [2.05, 4.69) is 15.6 Å². The van der Waals surface area contributed by atoms with E-state index in [1.54, 1.807) is 6.07 Å². The van der Waals surface area contributed by atoms with E-state index in [4.69, 9.17) is 0 Å². The number of alkyl halides is 3.